The summed E-state index contributed by atoms with van der Waals surface area (Å²) >= 11 is 0. The number of fused-ring (bicyclic) bond motifs is 3. The van der Waals surface area contributed by atoms with Gasteiger partial charge in [-0.3, -0.25) is 0 Å². The third-order valence-corrected chi connectivity index (χ3v) is 4.85. The third-order valence-electron chi connectivity index (χ3n) is 4.85. The molecule has 2 unspecified atom stereocenters. The second-order valence-corrected chi connectivity index (χ2v) is 6.23. The van der Waals surface area contributed by atoms with Crippen LogP contribution in [0.5, 0.6) is 0 Å². The summed E-state index contributed by atoms with van der Waals surface area (Å²) in [6.07, 6.45) is 3.00. The van der Waals surface area contributed by atoms with Crippen LogP contribution < -0.4 is 5.32 Å². The van der Waals surface area contributed by atoms with Crippen molar-refractivity contribution in [2.75, 3.05) is 6.54 Å². The van der Waals surface area contributed by atoms with E-state index in [0.717, 1.165) is 18.5 Å². The highest BCUT2D eigenvalue weighted by Gasteiger charge is 2.24. The molecule has 0 amide bonds. The maximum Gasteiger partial charge on any atom is 0.0949 e. The highest BCUT2D eigenvalue weighted by Crippen LogP contribution is 2.34. The summed E-state index contributed by atoms with van der Waals surface area (Å²) in [4.78, 5) is 0. The molecule has 3 aromatic carbocycles. The number of piperidine rings is 1. The maximum absolute atomic E-state index is 10.9. The minimum Gasteiger partial charge on any atom is -0.387 e. The van der Waals surface area contributed by atoms with Crippen LogP contribution in [0.25, 0.3) is 21.5 Å². The van der Waals surface area contributed by atoms with Crippen LogP contribution >= 0.6 is 17.0 Å². The Morgan fingerprint density at radius 1 is 0.913 bits per heavy atom. The monoisotopic (exact) mass is 371 g/mol. The van der Waals surface area contributed by atoms with Gasteiger partial charge in [0.05, 0.1) is 6.10 Å². The fraction of sp³-hybridized carbons (Fsp3) is 0.300. The Balaban J connectivity index is 0.00000156. The van der Waals surface area contributed by atoms with Crippen LogP contribution in [-0.2, 0) is 0 Å². The number of nitrogens with one attached hydrogen (secondary N) is 1. The number of hydrogen-bond donors (Lipinski definition) is 2. The first kappa shape index (κ1) is 16.4. The van der Waals surface area contributed by atoms with E-state index in [1.54, 1.807) is 0 Å². The number of halogens is 1. The molecular weight excluding hydrogens is 350 g/mol. The highest BCUT2D eigenvalue weighted by atomic mass is 79.9. The normalized spacial score (nSPS) is 19.4. The van der Waals surface area contributed by atoms with Crippen LogP contribution in [0.15, 0.2) is 54.6 Å². The average Bonchev–Trinajstić information content (AvgIpc) is 2.61. The number of aliphatic hydroxyl groups is 1. The lowest BCUT2D eigenvalue weighted by Crippen LogP contribution is -2.38. The Morgan fingerprint density at radius 2 is 1.61 bits per heavy atom. The van der Waals surface area contributed by atoms with Crippen molar-refractivity contribution in [2.45, 2.75) is 31.4 Å². The first-order valence-corrected chi connectivity index (χ1v) is 8.16. The zero-order valence-corrected chi connectivity index (χ0v) is 14.7. The fourth-order valence-electron chi connectivity index (χ4n) is 3.69. The molecule has 1 aliphatic rings. The lowest BCUT2D eigenvalue weighted by molar-refractivity contribution is 0.115. The fourth-order valence-corrected chi connectivity index (χ4v) is 3.69. The van der Waals surface area contributed by atoms with Crippen molar-refractivity contribution >= 4 is 38.5 Å². The Hall–Kier alpha value is -1.42. The Bertz CT molecular complexity index is 811. The molecule has 1 heterocycles. The van der Waals surface area contributed by atoms with Crippen LogP contribution in [-0.4, -0.2) is 17.7 Å². The summed E-state index contributed by atoms with van der Waals surface area (Å²) in [5.74, 6) is 0. The van der Waals surface area contributed by atoms with E-state index in [1.165, 1.54) is 34.4 Å². The number of aliphatic hydroxyl groups excluding tert-OH is 1. The quantitative estimate of drug-likeness (QED) is 0.637. The number of rotatable bonds is 2. The van der Waals surface area contributed by atoms with Gasteiger partial charge in [0.1, 0.15) is 0 Å². The largest absolute Gasteiger partial charge is 0.387 e. The molecule has 0 bridgehead atoms. The van der Waals surface area contributed by atoms with Gasteiger partial charge in [-0.1, -0.05) is 55.0 Å². The molecular formula is C20H22BrNO. The summed E-state index contributed by atoms with van der Waals surface area (Å²) in [6.45, 7) is 1.01. The molecule has 1 saturated heterocycles. The van der Waals surface area contributed by atoms with Gasteiger partial charge in [0, 0.05) is 6.04 Å². The molecule has 2 N–H and O–H groups in total. The molecule has 0 radical (unpaired) electrons. The van der Waals surface area contributed by atoms with Gasteiger partial charge in [0.15, 0.2) is 0 Å². The van der Waals surface area contributed by atoms with Gasteiger partial charge >= 0.3 is 0 Å². The Morgan fingerprint density at radius 3 is 2.35 bits per heavy atom. The second-order valence-electron chi connectivity index (χ2n) is 6.23. The zero-order valence-electron chi connectivity index (χ0n) is 13.0. The number of benzene rings is 3. The second kappa shape index (κ2) is 7.00. The molecule has 1 aliphatic heterocycles. The van der Waals surface area contributed by atoms with Gasteiger partial charge < -0.3 is 10.4 Å². The van der Waals surface area contributed by atoms with E-state index >= 15 is 0 Å². The predicted octanol–water partition coefficient (Wildman–Crippen LogP) is 4.75. The van der Waals surface area contributed by atoms with Crippen molar-refractivity contribution in [1.82, 2.24) is 5.32 Å². The molecule has 4 rings (SSSR count). The molecule has 0 aromatic heterocycles. The lowest BCUT2D eigenvalue weighted by Gasteiger charge is -2.29. The van der Waals surface area contributed by atoms with E-state index in [1.807, 2.05) is 0 Å². The lowest BCUT2D eigenvalue weighted by atomic mass is 9.89. The molecule has 3 aromatic rings. The van der Waals surface area contributed by atoms with Gasteiger partial charge in [-0.05, 0) is 52.6 Å². The minimum absolute atomic E-state index is 0. The third kappa shape index (κ3) is 3.01. The van der Waals surface area contributed by atoms with Crippen LogP contribution in [0.2, 0.25) is 0 Å². The summed E-state index contributed by atoms with van der Waals surface area (Å²) in [5, 5.41) is 19.3. The van der Waals surface area contributed by atoms with Crippen molar-refractivity contribution in [3.63, 3.8) is 0 Å². The topological polar surface area (TPSA) is 32.3 Å². The average molecular weight is 372 g/mol. The van der Waals surface area contributed by atoms with E-state index < -0.39 is 6.10 Å². The van der Waals surface area contributed by atoms with E-state index in [0.29, 0.717) is 0 Å². The molecule has 3 heteroatoms. The van der Waals surface area contributed by atoms with E-state index in [9.17, 15) is 5.11 Å². The SMILES string of the molecule is Br.OC(c1cc2ccccc2c2ccccc12)C1CCCCN1. The zero-order chi connectivity index (χ0) is 14.9. The molecule has 23 heavy (non-hydrogen) atoms. The summed E-state index contributed by atoms with van der Waals surface area (Å²) in [5.41, 5.74) is 1.05. The first-order chi connectivity index (χ1) is 10.8. The first-order valence-electron chi connectivity index (χ1n) is 8.16. The van der Waals surface area contributed by atoms with Crippen LogP contribution in [0.3, 0.4) is 0 Å². The molecule has 2 atom stereocenters. The van der Waals surface area contributed by atoms with E-state index in [2.05, 4.69) is 59.9 Å². The smallest absolute Gasteiger partial charge is 0.0949 e. The van der Waals surface area contributed by atoms with Crippen LogP contribution in [0.1, 0.15) is 30.9 Å². The Kier molecular flexibility index (Phi) is 5.00. The number of hydrogen-bond acceptors (Lipinski definition) is 2. The van der Waals surface area contributed by atoms with Crippen molar-refractivity contribution < 1.29 is 5.11 Å². The standard InChI is InChI=1S/C20H21NO.BrH/c22-20(19-11-5-6-12-21-19)18-13-14-7-1-2-8-15(14)16-9-3-4-10-17(16)18;/h1-4,7-10,13,19-22H,5-6,11-12H2;1H. The van der Waals surface area contributed by atoms with Gasteiger partial charge in [-0.25, -0.2) is 0 Å². The van der Waals surface area contributed by atoms with E-state index in [-0.39, 0.29) is 23.0 Å². The van der Waals surface area contributed by atoms with Crippen molar-refractivity contribution in [1.29, 1.82) is 0 Å². The van der Waals surface area contributed by atoms with Crippen LogP contribution in [0.4, 0.5) is 0 Å². The molecule has 1 fully saturated rings. The van der Waals surface area contributed by atoms with Gasteiger partial charge in [-0.2, -0.15) is 0 Å². The van der Waals surface area contributed by atoms with Crippen molar-refractivity contribution in [3.05, 3.63) is 60.2 Å². The molecule has 2 nitrogen and oxygen atoms in total. The van der Waals surface area contributed by atoms with Crippen LogP contribution in [0, 0.1) is 0 Å². The molecule has 0 spiro atoms. The molecule has 0 aliphatic carbocycles. The Labute approximate surface area is 147 Å². The van der Waals surface area contributed by atoms with Gasteiger partial charge in [0.25, 0.3) is 0 Å². The van der Waals surface area contributed by atoms with Gasteiger partial charge in [-0.15, -0.1) is 17.0 Å². The van der Waals surface area contributed by atoms with Crippen molar-refractivity contribution in [2.24, 2.45) is 0 Å². The summed E-state index contributed by atoms with van der Waals surface area (Å²) in [7, 11) is 0. The maximum atomic E-state index is 10.9. The summed E-state index contributed by atoms with van der Waals surface area (Å²) < 4.78 is 0. The molecule has 120 valence electrons. The summed E-state index contributed by atoms with van der Waals surface area (Å²) in [6, 6.07) is 19.2. The predicted molar refractivity (Wildman–Crippen MR) is 102 cm³/mol. The minimum atomic E-state index is -0.449. The van der Waals surface area contributed by atoms with Crippen molar-refractivity contribution in [3.8, 4) is 0 Å². The van der Waals surface area contributed by atoms with E-state index in [4.69, 9.17) is 0 Å². The molecule has 0 saturated carbocycles. The highest BCUT2D eigenvalue weighted by molar-refractivity contribution is 8.93. The van der Waals surface area contributed by atoms with Gasteiger partial charge in [0.2, 0.25) is 0 Å².